The van der Waals surface area contributed by atoms with Crippen molar-refractivity contribution >= 4 is 5.97 Å². The number of hydrogen-bond acceptors (Lipinski definition) is 4. The fourth-order valence-corrected chi connectivity index (χ4v) is 1.90. The fourth-order valence-electron chi connectivity index (χ4n) is 1.90. The van der Waals surface area contributed by atoms with Crippen molar-refractivity contribution in [3.05, 3.63) is 59.3 Å². The number of carbonyl (C=O) groups excluding carboxylic acids is 1. The summed E-state index contributed by atoms with van der Waals surface area (Å²) in [5, 5.41) is 3.21. The number of furan rings is 1. The number of ether oxygens (including phenoxy) is 1. The van der Waals surface area contributed by atoms with Crippen LogP contribution in [-0.4, -0.2) is 13.1 Å². The number of rotatable bonds is 5. The summed E-state index contributed by atoms with van der Waals surface area (Å²) in [6.07, 6.45) is 1.44. The maximum atomic E-state index is 13.2. The molecular weight excluding hydrogens is 261 g/mol. The van der Waals surface area contributed by atoms with Gasteiger partial charge in [-0.1, -0.05) is 12.1 Å². The van der Waals surface area contributed by atoms with E-state index >= 15 is 0 Å². The predicted molar refractivity (Wildman–Crippen MR) is 71.7 cm³/mol. The van der Waals surface area contributed by atoms with Crippen molar-refractivity contribution in [1.82, 2.24) is 5.32 Å². The molecule has 1 atom stereocenters. The van der Waals surface area contributed by atoms with Gasteiger partial charge in [-0.2, -0.15) is 0 Å². The molecular formula is C15H16FNO3. The number of halogens is 1. The van der Waals surface area contributed by atoms with E-state index in [0.29, 0.717) is 12.1 Å². The number of esters is 1. The maximum absolute atomic E-state index is 13.2. The van der Waals surface area contributed by atoms with Crippen LogP contribution in [0.3, 0.4) is 0 Å². The Morgan fingerprint density at radius 3 is 2.95 bits per heavy atom. The first-order valence-corrected chi connectivity index (χ1v) is 6.25. The molecule has 1 heterocycles. The third kappa shape index (κ3) is 3.24. The summed E-state index contributed by atoms with van der Waals surface area (Å²) in [5.41, 5.74) is 1.55. The largest absolute Gasteiger partial charge is 0.463 e. The van der Waals surface area contributed by atoms with Crippen LogP contribution in [0, 0.1) is 5.82 Å². The molecule has 0 bridgehead atoms. The Hall–Kier alpha value is -2.14. The van der Waals surface area contributed by atoms with Gasteiger partial charge in [0.2, 0.25) is 5.76 Å². The molecule has 2 rings (SSSR count). The van der Waals surface area contributed by atoms with E-state index < -0.39 is 5.97 Å². The highest BCUT2D eigenvalue weighted by Gasteiger charge is 2.16. The third-order valence-electron chi connectivity index (χ3n) is 3.06. The predicted octanol–water partition coefficient (Wildman–Crippen LogP) is 3.06. The van der Waals surface area contributed by atoms with Gasteiger partial charge in [0.05, 0.1) is 13.4 Å². The zero-order chi connectivity index (χ0) is 14.5. The van der Waals surface area contributed by atoms with Crippen LogP contribution in [0.15, 0.2) is 41.0 Å². The molecule has 0 amide bonds. The van der Waals surface area contributed by atoms with Gasteiger partial charge >= 0.3 is 5.97 Å². The van der Waals surface area contributed by atoms with E-state index in [1.165, 1.54) is 25.5 Å². The molecule has 106 valence electrons. The Kier molecular flexibility index (Phi) is 4.53. The van der Waals surface area contributed by atoms with Crippen LogP contribution >= 0.6 is 0 Å². The minimum atomic E-state index is -0.509. The van der Waals surface area contributed by atoms with Crippen molar-refractivity contribution in [2.75, 3.05) is 7.11 Å². The number of hydrogen-bond donors (Lipinski definition) is 1. The van der Waals surface area contributed by atoms with Crippen molar-refractivity contribution in [1.29, 1.82) is 0 Å². The van der Waals surface area contributed by atoms with E-state index in [1.807, 2.05) is 13.0 Å². The van der Waals surface area contributed by atoms with Gasteiger partial charge in [-0.3, -0.25) is 0 Å². The van der Waals surface area contributed by atoms with Crippen molar-refractivity contribution in [2.45, 2.75) is 19.5 Å². The van der Waals surface area contributed by atoms with Gasteiger partial charge in [-0.15, -0.1) is 0 Å². The molecule has 1 aromatic heterocycles. The minimum absolute atomic E-state index is 0.0499. The zero-order valence-corrected chi connectivity index (χ0v) is 11.4. The molecule has 5 heteroatoms. The lowest BCUT2D eigenvalue weighted by atomic mass is 10.1. The molecule has 1 N–H and O–H groups in total. The van der Waals surface area contributed by atoms with Gasteiger partial charge in [0.25, 0.3) is 0 Å². The van der Waals surface area contributed by atoms with E-state index in [0.717, 1.165) is 5.56 Å². The SMILES string of the molecule is COC(=O)c1occc1CN[C@H](C)c1cccc(F)c1. The lowest BCUT2D eigenvalue weighted by molar-refractivity contribution is 0.0563. The Balaban J connectivity index is 2.02. The zero-order valence-electron chi connectivity index (χ0n) is 11.4. The van der Waals surface area contributed by atoms with Crippen LogP contribution in [0.2, 0.25) is 0 Å². The monoisotopic (exact) mass is 277 g/mol. The van der Waals surface area contributed by atoms with E-state index in [9.17, 15) is 9.18 Å². The molecule has 0 fully saturated rings. The number of nitrogens with one attached hydrogen (secondary N) is 1. The number of benzene rings is 1. The van der Waals surface area contributed by atoms with Gasteiger partial charge in [-0.05, 0) is 30.7 Å². The smallest absolute Gasteiger partial charge is 0.374 e. The lowest BCUT2D eigenvalue weighted by Crippen LogP contribution is -2.19. The van der Waals surface area contributed by atoms with Crippen LogP contribution in [-0.2, 0) is 11.3 Å². The molecule has 0 saturated carbocycles. The summed E-state index contributed by atoms with van der Waals surface area (Å²) in [4.78, 5) is 11.5. The van der Waals surface area contributed by atoms with Crippen LogP contribution in [0.1, 0.15) is 34.6 Å². The fraction of sp³-hybridized carbons (Fsp3) is 0.267. The number of carbonyl (C=O) groups is 1. The average molecular weight is 277 g/mol. The average Bonchev–Trinajstić information content (AvgIpc) is 2.92. The molecule has 0 saturated heterocycles. The van der Waals surface area contributed by atoms with E-state index in [2.05, 4.69) is 10.1 Å². The highest BCUT2D eigenvalue weighted by atomic mass is 19.1. The second kappa shape index (κ2) is 6.34. The van der Waals surface area contributed by atoms with Gasteiger partial charge in [0.1, 0.15) is 5.82 Å². The third-order valence-corrected chi connectivity index (χ3v) is 3.06. The molecule has 0 aliphatic heterocycles. The molecule has 1 aromatic carbocycles. The van der Waals surface area contributed by atoms with Gasteiger partial charge < -0.3 is 14.5 Å². The van der Waals surface area contributed by atoms with E-state index in [-0.39, 0.29) is 17.6 Å². The Morgan fingerprint density at radius 2 is 2.25 bits per heavy atom. The summed E-state index contributed by atoms with van der Waals surface area (Å²) in [6, 6.07) is 8.05. The van der Waals surface area contributed by atoms with Crippen molar-refractivity contribution < 1.29 is 18.3 Å². The Bertz CT molecular complexity index is 594. The highest BCUT2D eigenvalue weighted by molar-refractivity contribution is 5.87. The van der Waals surface area contributed by atoms with Gasteiger partial charge in [-0.25, -0.2) is 9.18 Å². The molecule has 0 unspecified atom stereocenters. The first kappa shape index (κ1) is 14.3. The number of methoxy groups -OCH3 is 1. The first-order valence-electron chi connectivity index (χ1n) is 6.25. The molecule has 20 heavy (non-hydrogen) atoms. The molecule has 0 aliphatic rings. The second-order valence-corrected chi connectivity index (χ2v) is 4.42. The molecule has 0 radical (unpaired) electrons. The van der Waals surface area contributed by atoms with Crippen LogP contribution in [0.5, 0.6) is 0 Å². The maximum Gasteiger partial charge on any atom is 0.374 e. The lowest BCUT2D eigenvalue weighted by Gasteiger charge is -2.14. The Labute approximate surface area is 116 Å². The summed E-state index contributed by atoms with van der Waals surface area (Å²) in [5.74, 6) is -0.591. The summed E-state index contributed by atoms with van der Waals surface area (Å²) in [7, 11) is 1.30. The minimum Gasteiger partial charge on any atom is -0.463 e. The van der Waals surface area contributed by atoms with E-state index in [1.54, 1.807) is 12.1 Å². The molecule has 2 aromatic rings. The normalized spacial score (nSPS) is 12.2. The summed E-state index contributed by atoms with van der Waals surface area (Å²) < 4.78 is 22.9. The van der Waals surface area contributed by atoms with Crippen LogP contribution < -0.4 is 5.32 Å². The summed E-state index contributed by atoms with van der Waals surface area (Å²) in [6.45, 7) is 2.35. The molecule has 0 aliphatic carbocycles. The second-order valence-electron chi connectivity index (χ2n) is 4.42. The summed E-state index contributed by atoms with van der Waals surface area (Å²) >= 11 is 0. The van der Waals surface area contributed by atoms with Crippen LogP contribution in [0.4, 0.5) is 4.39 Å². The topological polar surface area (TPSA) is 51.5 Å². The first-order chi connectivity index (χ1) is 9.61. The van der Waals surface area contributed by atoms with E-state index in [4.69, 9.17) is 4.42 Å². The van der Waals surface area contributed by atoms with Crippen molar-refractivity contribution in [3.8, 4) is 0 Å². The van der Waals surface area contributed by atoms with Crippen molar-refractivity contribution in [2.24, 2.45) is 0 Å². The molecule has 0 spiro atoms. The quantitative estimate of drug-likeness (QED) is 0.853. The van der Waals surface area contributed by atoms with Gasteiger partial charge in [0, 0.05) is 18.2 Å². The van der Waals surface area contributed by atoms with Crippen molar-refractivity contribution in [3.63, 3.8) is 0 Å². The van der Waals surface area contributed by atoms with Crippen LogP contribution in [0.25, 0.3) is 0 Å². The highest BCUT2D eigenvalue weighted by Crippen LogP contribution is 2.16. The molecule has 4 nitrogen and oxygen atoms in total. The Morgan fingerprint density at radius 1 is 1.45 bits per heavy atom. The standard InChI is InChI=1S/C15H16FNO3/c1-10(11-4-3-5-13(16)8-11)17-9-12-6-7-20-14(12)15(18)19-2/h3-8,10,17H,9H2,1-2H3/t10-/m1/s1. The van der Waals surface area contributed by atoms with Gasteiger partial charge in [0.15, 0.2) is 0 Å².